The topological polar surface area (TPSA) is 32.8 Å². The fourth-order valence-corrected chi connectivity index (χ4v) is 9.31. The number of anilines is 6. The summed E-state index contributed by atoms with van der Waals surface area (Å²) < 4.78 is 12.9. The number of hydrogen-bond donors (Lipinski definition) is 0. The van der Waals surface area contributed by atoms with E-state index in [1.54, 1.807) is 0 Å². The summed E-state index contributed by atoms with van der Waals surface area (Å²) in [6.45, 7) is 0. The number of benzene rings is 10. The third-order valence-corrected chi connectivity index (χ3v) is 12.3. The molecule has 0 aliphatic carbocycles. The molecule has 0 unspecified atom stereocenters. The lowest BCUT2D eigenvalue weighted by atomic mass is 9.99. The van der Waals surface area contributed by atoms with Crippen LogP contribution in [0.1, 0.15) is 0 Å². The second-order valence-electron chi connectivity index (χ2n) is 16.1. The minimum atomic E-state index is 0.846. The van der Waals surface area contributed by atoms with Crippen molar-refractivity contribution in [3.63, 3.8) is 0 Å². The summed E-state index contributed by atoms with van der Waals surface area (Å²) in [5, 5.41) is 4.30. The van der Waals surface area contributed by atoms with Crippen molar-refractivity contribution < 1.29 is 8.83 Å². The second-order valence-corrected chi connectivity index (χ2v) is 16.1. The first-order valence-corrected chi connectivity index (χ1v) is 21.7. The van der Waals surface area contributed by atoms with Crippen molar-refractivity contribution >= 4 is 78.0 Å². The molecule has 0 amide bonds. The van der Waals surface area contributed by atoms with E-state index in [4.69, 9.17) is 8.83 Å². The fraction of sp³-hybridized carbons (Fsp3) is 0. The van der Waals surface area contributed by atoms with Gasteiger partial charge in [-0.25, -0.2) is 0 Å². The van der Waals surface area contributed by atoms with Gasteiger partial charge in [0.2, 0.25) is 0 Å². The quantitative estimate of drug-likeness (QED) is 0.145. The van der Waals surface area contributed by atoms with Gasteiger partial charge < -0.3 is 18.6 Å². The number of furan rings is 2. The molecule has 12 rings (SSSR count). The molecule has 10 aromatic carbocycles. The molecule has 64 heavy (non-hydrogen) atoms. The maximum absolute atomic E-state index is 6.48. The molecule has 302 valence electrons. The molecular formula is C60H40N2O2. The Labute approximate surface area is 371 Å². The Morgan fingerprint density at radius 3 is 1.23 bits per heavy atom. The first kappa shape index (κ1) is 37.2. The Morgan fingerprint density at radius 1 is 0.250 bits per heavy atom. The van der Waals surface area contributed by atoms with E-state index >= 15 is 0 Å². The standard InChI is InChI=1S/C60H40N2O2/c1-3-16-41(17-4-1)43-32-36-46(37-33-43)61(53-26-14-30-57-59(53)50-23-8-11-28-55(50)63-57)48-21-13-20-45(40-48)49-22-7-10-25-52(49)62(47-38-34-44(35-39-47)42-18-5-2-6-19-42)54-27-15-31-58-60(54)51-24-9-12-29-56(51)64-58/h1-40H. The van der Waals surface area contributed by atoms with Crippen molar-refractivity contribution in [2.75, 3.05) is 9.80 Å². The molecule has 0 aliphatic heterocycles. The molecule has 2 aromatic heterocycles. The zero-order valence-electron chi connectivity index (χ0n) is 34.8. The van der Waals surface area contributed by atoms with Crippen LogP contribution in [0.25, 0.3) is 77.3 Å². The SMILES string of the molecule is c1ccc(-c2ccc(N(c3cccc(-c4ccccc4N(c4ccc(-c5ccccc5)cc4)c4cccc5oc6ccccc6c45)c3)c3cccc4oc5ccccc5c34)cc2)cc1. The second kappa shape index (κ2) is 15.7. The minimum Gasteiger partial charge on any atom is -0.456 e. The summed E-state index contributed by atoms with van der Waals surface area (Å²) in [5.41, 5.74) is 16.5. The van der Waals surface area contributed by atoms with Crippen molar-refractivity contribution in [3.05, 3.63) is 243 Å². The van der Waals surface area contributed by atoms with Crippen LogP contribution in [0.2, 0.25) is 0 Å². The van der Waals surface area contributed by atoms with E-state index in [0.717, 1.165) is 100 Å². The van der Waals surface area contributed by atoms with Crippen LogP contribution in [0.4, 0.5) is 34.1 Å². The van der Waals surface area contributed by atoms with Gasteiger partial charge in [0.25, 0.3) is 0 Å². The average molecular weight is 821 g/mol. The van der Waals surface area contributed by atoms with E-state index in [1.165, 1.54) is 11.1 Å². The van der Waals surface area contributed by atoms with E-state index in [0.29, 0.717) is 0 Å². The highest BCUT2D eigenvalue weighted by Crippen LogP contribution is 2.48. The highest BCUT2D eigenvalue weighted by Gasteiger charge is 2.24. The van der Waals surface area contributed by atoms with Crippen LogP contribution in [-0.2, 0) is 0 Å². The Kier molecular flexibility index (Phi) is 9.12. The van der Waals surface area contributed by atoms with E-state index < -0.39 is 0 Å². The van der Waals surface area contributed by atoms with Crippen LogP contribution in [0.5, 0.6) is 0 Å². The number of nitrogens with zero attached hydrogens (tertiary/aromatic N) is 2. The predicted octanol–water partition coefficient (Wildman–Crippen LogP) is 17.4. The van der Waals surface area contributed by atoms with Gasteiger partial charge in [-0.05, 0) is 107 Å². The van der Waals surface area contributed by atoms with Crippen molar-refractivity contribution in [2.24, 2.45) is 0 Å². The predicted molar refractivity (Wildman–Crippen MR) is 267 cm³/mol. The van der Waals surface area contributed by atoms with Gasteiger partial charge in [-0.2, -0.15) is 0 Å². The molecule has 0 atom stereocenters. The number of rotatable bonds is 9. The van der Waals surface area contributed by atoms with E-state index in [1.807, 2.05) is 24.3 Å². The summed E-state index contributed by atoms with van der Waals surface area (Å²) in [7, 11) is 0. The minimum absolute atomic E-state index is 0.846. The van der Waals surface area contributed by atoms with Gasteiger partial charge in [-0.15, -0.1) is 0 Å². The molecule has 4 nitrogen and oxygen atoms in total. The molecule has 0 fully saturated rings. The highest BCUT2D eigenvalue weighted by molar-refractivity contribution is 6.15. The monoisotopic (exact) mass is 820 g/mol. The van der Waals surface area contributed by atoms with Crippen LogP contribution >= 0.6 is 0 Å². The van der Waals surface area contributed by atoms with Crippen LogP contribution in [0, 0.1) is 0 Å². The normalized spacial score (nSPS) is 11.4. The fourth-order valence-electron chi connectivity index (χ4n) is 9.31. The third-order valence-electron chi connectivity index (χ3n) is 12.3. The lowest BCUT2D eigenvalue weighted by Crippen LogP contribution is -2.12. The summed E-state index contributed by atoms with van der Waals surface area (Å²) in [4.78, 5) is 4.75. The Bertz CT molecular complexity index is 3610. The number of para-hydroxylation sites is 3. The lowest BCUT2D eigenvalue weighted by molar-refractivity contribution is 0.668. The Morgan fingerprint density at radius 2 is 0.656 bits per heavy atom. The first-order chi connectivity index (χ1) is 31.7. The first-order valence-electron chi connectivity index (χ1n) is 21.7. The molecule has 0 radical (unpaired) electrons. The van der Waals surface area contributed by atoms with Crippen molar-refractivity contribution in [1.29, 1.82) is 0 Å². The van der Waals surface area contributed by atoms with Gasteiger partial charge in [0.05, 0.1) is 27.8 Å². The maximum Gasteiger partial charge on any atom is 0.137 e. The van der Waals surface area contributed by atoms with E-state index in [9.17, 15) is 0 Å². The van der Waals surface area contributed by atoms with Crippen molar-refractivity contribution in [3.8, 4) is 33.4 Å². The maximum atomic E-state index is 6.48. The smallest absolute Gasteiger partial charge is 0.137 e. The van der Waals surface area contributed by atoms with Crippen LogP contribution in [0.15, 0.2) is 251 Å². The van der Waals surface area contributed by atoms with E-state index in [2.05, 4.69) is 228 Å². The summed E-state index contributed by atoms with van der Waals surface area (Å²) in [5.74, 6) is 0. The summed E-state index contributed by atoms with van der Waals surface area (Å²) >= 11 is 0. The Balaban J connectivity index is 1.05. The van der Waals surface area contributed by atoms with E-state index in [-0.39, 0.29) is 0 Å². The molecule has 0 N–H and O–H groups in total. The molecule has 0 aliphatic rings. The average Bonchev–Trinajstić information content (AvgIpc) is 3.95. The van der Waals surface area contributed by atoms with Crippen molar-refractivity contribution in [1.82, 2.24) is 0 Å². The van der Waals surface area contributed by atoms with Gasteiger partial charge in [0.1, 0.15) is 22.3 Å². The van der Waals surface area contributed by atoms with Crippen LogP contribution < -0.4 is 9.80 Å². The summed E-state index contributed by atoms with van der Waals surface area (Å²) in [6.07, 6.45) is 0. The van der Waals surface area contributed by atoms with Crippen molar-refractivity contribution in [2.45, 2.75) is 0 Å². The van der Waals surface area contributed by atoms with Gasteiger partial charge in [-0.3, -0.25) is 0 Å². The third kappa shape index (κ3) is 6.48. The lowest BCUT2D eigenvalue weighted by Gasteiger charge is -2.29. The molecule has 2 heterocycles. The zero-order valence-corrected chi connectivity index (χ0v) is 34.8. The number of hydrogen-bond acceptors (Lipinski definition) is 4. The molecule has 0 spiro atoms. The molecule has 0 bridgehead atoms. The van der Waals surface area contributed by atoms with Gasteiger partial charge in [0.15, 0.2) is 0 Å². The van der Waals surface area contributed by atoms with Gasteiger partial charge in [0, 0.05) is 33.4 Å². The molecule has 12 aromatic rings. The molecule has 0 saturated carbocycles. The van der Waals surface area contributed by atoms with Crippen LogP contribution in [-0.4, -0.2) is 0 Å². The zero-order chi connectivity index (χ0) is 42.4. The number of fused-ring (bicyclic) bond motifs is 6. The van der Waals surface area contributed by atoms with Gasteiger partial charge >= 0.3 is 0 Å². The largest absolute Gasteiger partial charge is 0.456 e. The molecule has 4 heteroatoms. The summed E-state index contributed by atoms with van der Waals surface area (Å²) in [6, 6.07) is 85.8. The highest BCUT2D eigenvalue weighted by atomic mass is 16.3. The molecule has 0 saturated heterocycles. The Hall–Kier alpha value is -8.60. The van der Waals surface area contributed by atoms with Gasteiger partial charge in [-0.1, -0.05) is 164 Å². The molecular weight excluding hydrogens is 781 g/mol. The van der Waals surface area contributed by atoms with Crippen LogP contribution in [0.3, 0.4) is 0 Å².